The largest absolute Gasteiger partial charge is 0.350 e. The SMILES string of the molecule is CC1CCCN1Cc1ccc(-c2nc3cccc4c3n2CCNC4=O)cc1. The van der Waals surface area contributed by atoms with Gasteiger partial charge in [-0.25, -0.2) is 4.98 Å². The van der Waals surface area contributed by atoms with E-state index in [9.17, 15) is 4.79 Å². The summed E-state index contributed by atoms with van der Waals surface area (Å²) in [6.07, 6.45) is 2.61. The van der Waals surface area contributed by atoms with Gasteiger partial charge in [0.05, 0.1) is 16.6 Å². The lowest BCUT2D eigenvalue weighted by Gasteiger charge is -2.21. The zero-order chi connectivity index (χ0) is 18.4. The van der Waals surface area contributed by atoms with Crippen LogP contribution < -0.4 is 5.32 Å². The number of hydrogen-bond donors (Lipinski definition) is 1. The second-order valence-corrected chi connectivity index (χ2v) is 7.67. The number of amides is 1. The Bertz CT molecular complexity index is 1010. The van der Waals surface area contributed by atoms with Crippen LogP contribution in [-0.2, 0) is 13.1 Å². The molecule has 27 heavy (non-hydrogen) atoms. The van der Waals surface area contributed by atoms with E-state index in [0.717, 1.165) is 35.5 Å². The first-order valence-corrected chi connectivity index (χ1v) is 9.81. The number of aromatic nitrogens is 2. The molecule has 0 bridgehead atoms. The quantitative estimate of drug-likeness (QED) is 0.778. The Morgan fingerprint density at radius 3 is 2.78 bits per heavy atom. The van der Waals surface area contributed by atoms with Gasteiger partial charge in [0, 0.05) is 31.2 Å². The van der Waals surface area contributed by atoms with Crippen LogP contribution in [0.5, 0.6) is 0 Å². The first kappa shape index (κ1) is 16.5. The van der Waals surface area contributed by atoms with Crippen molar-refractivity contribution in [1.82, 2.24) is 19.8 Å². The molecule has 2 aliphatic rings. The molecule has 0 aliphatic carbocycles. The molecule has 1 atom stereocenters. The highest BCUT2D eigenvalue weighted by Crippen LogP contribution is 2.29. The fraction of sp³-hybridized carbons (Fsp3) is 0.364. The van der Waals surface area contributed by atoms with Crippen molar-refractivity contribution in [2.24, 2.45) is 0 Å². The number of hydrogen-bond acceptors (Lipinski definition) is 3. The van der Waals surface area contributed by atoms with Crippen LogP contribution in [-0.4, -0.2) is 39.5 Å². The third kappa shape index (κ3) is 2.82. The van der Waals surface area contributed by atoms with Crippen molar-refractivity contribution in [2.45, 2.75) is 38.9 Å². The van der Waals surface area contributed by atoms with Gasteiger partial charge in [-0.15, -0.1) is 0 Å². The molecule has 0 saturated carbocycles. The van der Waals surface area contributed by atoms with Crippen LogP contribution in [0.25, 0.3) is 22.4 Å². The summed E-state index contributed by atoms with van der Waals surface area (Å²) in [6, 6.07) is 15.2. The minimum Gasteiger partial charge on any atom is -0.350 e. The number of rotatable bonds is 3. The molecule has 2 aromatic carbocycles. The van der Waals surface area contributed by atoms with Crippen LogP contribution in [0.4, 0.5) is 0 Å². The number of nitrogens with zero attached hydrogens (tertiary/aromatic N) is 3. The molecule has 5 heteroatoms. The molecular weight excluding hydrogens is 336 g/mol. The minimum absolute atomic E-state index is 0.0131. The molecule has 0 spiro atoms. The summed E-state index contributed by atoms with van der Waals surface area (Å²) in [5, 5.41) is 2.98. The monoisotopic (exact) mass is 360 g/mol. The zero-order valence-corrected chi connectivity index (χ0v) is 15.6. The molecule has 5 rings (SSSR count). The average Bonchev–Trinajstić information content (AvgIpc) is 3.20. The van der Waals surface area contributed by atoms with Crippen molar-refractivity contribution in [3.63, 3.8) is 0 Å². The number of benzene rings is 2. The standard InChI is InChI=1S/C22H24N4O/c1-15-4-3-12-25(15)14-16-7-9-17(10-8-16)21-24-19-6-2-5-18-20(19)26(21)13-11-23-22(18)27/h2,5-10,15H,3-4,11-14H2,1H3,(H,23,27). The van der Waals surface area contributed by atoms with Crippen LogP contribution in [0.2, 0.25) is 0 Å². The highest BCUT2D eigenvalue weighted by Gasteiger charge is 2.22. The molecule has 138 valence electrons. The minimum atomic E-state index is -0.0131. The van der Waals surface area contributed by atoms with E-state index in [2.05, 4.69) is 46.0 Å². The van der Waals surface area contributed by atoms with Crippen LogP contribution in [0.15, 0.2) is 42.5 Å². The predicted molar refractivity (Wildman–Crippen MR) is 107 cm³/mol. The van der Waals surface area contributed by atoms with Crippen molar-refractivity contribution >= 4 is 16.9 Å². The summed E-state index contributed by atoms with van der Waals surface area (Å²) >= 11 is 0. The van der Waals surface area contributed by atoms with E-state index in [1.54, 1.807) is 0 Å². The molecule has 5 nitrogen and oxygen atoms in total. The lowest BCUT2D eigenvalue weighted by molar-refractivity contribution is 0.0956. The fourth-order valence-electron chi connectivity index (χ4n) is 4.40. The summed E-state index contributed by atoms with van der Waals surface area (Å²) in [7, 11) is 0. The maximum Gasteiger partial charge on any atom is 0.253 e. The molecule has 1 unspecified atom stereocenters. The molecular formula is C22H24N4O. The van der Waals surface area contributed by atoms with E-state index in [1.807, 2.05) is 18.2 Å². The number of imidazole rings is 1. The van der Waals surface area contributed by atoms with Crippen LogP contribution in [0, 0.1) is 0 Å². The van der Waals surface area contributed by atoms with Gasteiger partial charge in [-0.2, -0.15) is 0 Å². The summed E-state index contributed by atoms with van der Waals surface area (Å²) < 4.78 is 2.18. The van der Waals surface area contributed by atoms with Gasteiger partial charge in [0.1, 0.15) is 5.82 Å². The number of likely N-dealkylation sites (tertiary alicyclic amines) is 1. The number of carbonyl (C=O) groups is 1. The van der Waals surface area contributed by atoms with Gasteiger partial charge >= 0.3 is 0 Å². The van der Waals surface area contributed by atoms with Gasteiger partial charge < -0.3 is 9.88 Å². The van der Waals surface area contributed by atoms with Crippen LogP contribution in [0.1, 0.15) is 35.7 Å². The molecule has 3 heterocycles. The van der Waals surface area contributed by atoms with Crippen molar-refractivity contribution in [3.05, 3.63) is 53.6 Å². The van der Waals surface area contributed by atoms with Gasteiger partial charge in [-0.1, -0.05) is 30.3 Å². The molecule has 1 saturated heterocycles. The summed E-state index contributed by atoms with van der Waals surface area (Å²) in [5.74, 6) is 0.927. The molecule has 1 N–H and O–H groups in total. The van der Waals surface area contributed by atoms with Gasteiger partial charge in [0.2, 0.25) is 0 Å². The van der Waals surface area contributed by atoms with E-state index in [1.165, 1.54) is 24.9 Å². The molecule has 1 fully saturated rings. The Labute approximate surface area is 159 Å². The van der Waals surface area contributed by atoms with Gasteiger partial charge in [0.25, 0.3) is 5.91 Å². The second kappa shape index (κ2) is 6.50. The summed E-state index contributed by atoms with van der Waals surface area (Å²) in [5.41, 5.74) is 4.98. The smallest absolute Gasteiger partial charge is 0.253 e. The molecule has 3 aromatic rings. The Hall–Kier alpha value is -2.66. The predicted octanol–water partition coefficient (Wildman–Crippen LogP) is 3.43. The van der Waals surface area contributed by atoms with E-state index >= 15 is 0 Å². The van der Waals surface area contributed by atoms with E-state index in [-0.39, 0.29) is 5.91 Å². The fourth-order valence-corrected chi connectivity index (χ4v) is 4.40. The van der Waals surface area contributed by atoms with E-state index in [4.69, 9.17) is 4.98 Å². The maximum absolute atomic E-state index is 12.3. The first-order chi connectivity index (χ1) is 13.2. The van der Waals surface area contributed by atoms with Gasteiger partial charge in [0.15, 0.2) is 0 Å². The summed E-state index contributed by atoms with van der Waals surface area (Å²) in [4.78, 5) is 19.7. The van der Waals surface area contributed by atoms with Gasteiger partial charge in [-0.3, -0.25) is 9.69 Å². The second-order valence-electron chi connectivity index (χ2n) is 7.67. The van der Waals surface area contributed by atoms with Crippen LogP contribution in [0.3, 0.4) is 0 Å². The topological polar surface area (TPSA) is 50.2 Å². The van der Waals surface area contributed by atoms with E-state index in [0.29, 0.717) is 18.2 Å². The highest BCUT2D eigenvalue weighted by molar-refractivity contribution is 6.06. The number of para-hydroxylation sites is 1. The number of carbonyl (C=O) groups excluding carboxylic acids is 1. The Balaban J connectivity index is 1.51. The number of nitrogens with one attached hydrogen (secondary N) is 1. The molecule has 1 aromatic heterocycles. The van der Waals surface area contributed by atoms with Crippen LogP contribution >= 0.6 is 0 Å². The normalized spacial score (nSPS) is 20.0. The Kier molecular flexibility index (Phi) is 3.97. The highest BCUT2D eigenvalue weighted by atomic mass is 16.1. The molecule has 2 aliphatic heterocycles. The van der Waals surface area contributed by atoms with Crippen molar-refractivity contribution in [3.8, 4) is 11.4 Å². The van der Waals surface area contributed by atoms with Gasteiger partial charge in [-0.05, 0) is 44.0 Å². The third-order valence-electron chi connectivity index (χ3n) is 5.92. The Morgan fingerprint density at radius 1 is 1.15 bits per heavy atom. The first-order valence-electron chi connectivity index (χ1n) is 9.81. The lowest BCUT2D eigenvalue weighted by atomic mass is 10.1. The summed E-state index contributed by atoms with van der Waals surface area (Å²) in [6.45, 7) is 5.89. The molecule has 0 radical (unpaired) electrons. The van der Waals surface area contributed by atoms with Crippen molar-refractivity contribution < 1.29 is 4.79 Å². The van der Waals surface area contributed by atoms with Crippen molar-refractivity contribution in [1.29, 1.82) is 0 Å². The Morgan fingerprint density at radius 2 is 2.00 bits per heavy atom. The van der Waals surface area contributed by atoms with Crippen molar-refractivity contribution in [2.75, 3.05) is 13.1 Å². The van der Waals surface area contributed by atoms with E-state index < -0.39 is 0 Å². The average molecular weight is 360 g/mol. The lowest BCUT2D eigenvalue weighted by Crippen LogP contribution is -2.26. The maximum atomic E-state index is 12.3. The molecule has 1 amide bonds. The zero-order valence-electron chi connectivity index (χ0n) is 15.6. The third-order valence-corrected chi connectivity index (χ3v) is 5.92.